The quantitative estimate of drug-likeness (QED) is 0.270. The van der Waals surface area contributed by atoms with E-state index in [4.69, 9.17) is 19.2 Å². The summed E-state index contributed by atoms with van der Waals surface area (Å²) < 4.78 is 16.8. The number of esters is 1. The first kappa shape index (κ1) is 29.0. The summed E-state index contributed by atoms with van der Waals surface area (Å²) in [5, 5.41) is 0. The molecule has 0 spiro atoms. The number of aromatic nitrogens is 1. The van der Waals surface area contributed by atoms with E-state index in [1.165, 1.54) is 12.7 Å². The van der Waals surface area contributed by atoms with Crippen LogP contribution in [0.25, 0.3) is 11.1 Å². The van der Waals surface area contributed by atoms with Gasteiger partial charge in [0.2, 0.25) is 0 Å². The molecule has 1 amide bonds. The maximum Gasteiger partial charge on any atom is 0.411 e. The zero-order valence-corrected chi connectivity index (χ0v) is 25.5. The smallest absolute Gasteiger partial charge is 0.411 e. The van der Waals surface area contributed by atoms with E-state index < -0.39 is 0 Å². The van der Waals surface area contributed by atoms with Crippen LogP contribution < -0.4 is 9.64 Å². The number of hydrogen-bond donors (Lipinski definition) is 0. The van der Waals surface area contributed by atoms with Crippen molar-refractivity contribution in [1.82, 2.24) is 9.88 Å². The second-order valence-electron chi connectivity index (χ2n) is 12.1. The number of ether oxygens (including phenoxy) is 3. The molecule has 0 unspecified atom stereocenters. The van der Waals surface area contributed by atoms with Crippen molar-refractivity contribution in [3.05, 3.63) is 77.0 Å². The van der Waals surface area contributed by atoms with Crippen molar-refractivity contribution >= 4 is 17.9 Å². The maximum absolute atomic E-state index is 13.3. The van der Waals surface area contributed by atoms with E-state index in [9.17, 15) is 9.59 Å². The van der Waals surface area contributed by atoms with Gasteiger partial charge in [0.25, 0.3) is 0 Å². The Morgan fingerprint density at radius 3 is 2.44 bits per heavy atom. The lowest BCUT2D eigenvalue weighted by atomic mass is 9.78. The molecule has 43 heavy (non-hydrogen) atoms. The zero-order valence-electron chi connectivity index (χ0n) is 25.5. The van der Waals surface area contributed by atoms with Crippen molar-refractivity contribution in [3.8, 4) is 16.9 Å². The predicted octanol–water partition coefficient (Wildman–Crippen LogP) is 6.80. The highest BCUT2D eigenvalue weighted by atomic mass is 16.6. The third-order valence-electron chi connectivity index (χ3n) is 9.47. The van der Waals surface area contributed by atoms with Crippen molar-refractivity contribution in [3.63, 3.8) is 0 Å². The van der Waals surface area contributed by atoms with E-state index in [-0.39, 0.29) is 30.1 Å². The van der Waals surface area contributed by atoms with Crippen molar-refractivity contribution in [2.45, 2.75) is 70.6 Å². The summed E-state index contributed by atoms with van der Waals surface area (Å²) in [7, 11) is 3.16. The fourth-order valence-electron chi connectivity index (χ4n) is 6.76. The Labute approximate surface area is 254 Å². The number of anilines is 1. The SMILES string of the molecule is COc1ccc([C@H]2CC[C@H](C(=O)OC)CC2)cc1-c1ccc(N2CCC2)nc1CN1C(=O)O[C@H](c2cccc(C)c2)[C@@H]1C. The number of cyclic esters (lactones) is 1. The molecule has 3 heterocycles. The number of amides is 1. The summed E-state index contributed by atoms with van der Waals surface area (Å²) in [5.41, 5.74) is 6.10. The van der Waals surface area contributed by atoms with Crippen LogP contribution in [-0.2, 0) is 20.8 Å². The molecule has 0 radical (unpaired) electrons. The first-order valence-electron chi connectivity index (χ1n) is 15.4. The van der Waals surface area contributed by atoms with E-state index in [2.05, 4.69) is 35.2 Å². The standard InChI is InChI=1S/C35H41N3O5/c1-22-7-5-8-27(19-22)33-23(2)38(35(40)43-33)21-30-28(14-16-32(36-30)37-17-6-18-37)29-20-26(13-15-31(29)41-3)24-9-11-25(12-10-24)34(39)42-4/h5,7-8,13-16,19-20,23-25,33H,6,9-12,17-18,21H2,1-4H3/t23-,24-,25-,33-/m0/s1. The van der Waals surface area contributed by atoms with Gasteiger partial charge in [-0.1, -0.05) is 35.9 Å². The number of pyridine rings is 1. The van der Waals surface area contributed by atoms with Gasteiger partial charge < -0.3 is 19.1 Å². The lowest BCUT2D eigenvalue weighted by Crippen LogP contribution is -2.38. The van der Waals surface area contributed by atoms with E-state index in [1.807, 2.05) is 38.1 Å². The fourth-order valence-corrected chi connectivity index (χ4v) is 6.76. The Balaban J connectivity index is 1.33. The van der Waals surface area contributed by atoms with Gasteiger partial charge >= 0.3 is 12.1 Å². The van der Waals surface area contributed by atoms with Crippen LogP contribution in [0.4, 0.5) is 10.6 Å². The molecule has 2 atom stereocenters. The van der Waals surface area contributed by atoms with E-state index >= 15 is 0 Å². The van der Waals surface area contributed by atoms with Crippen molar-refractivity contribution in [2.75, 3.05) is 32.2 Å². The third-order valence-corrected chi connectivity index (χ3v) is 9.47. The number of carbonyl (C=O) groups is 2. The van der Waals surface area contributed by atoms with Gasteiger partial charge in [-0.15, -0.1) is 0 Å². The second-order valence-corrected chi connectivity index (χ2v) is 12.1. The third kappa shape index (κ3) is 5.79. The fraction of sp³-hybridized carbons (Fsp3) is 0.457. The first-order chi connectivity index (χ1) is 20.9. The van der Waals surface area contributed by atoms with Gasteiger partial charge in [0.1, 0.15) is 17.7 Å². The predicted molar refractivity (Wildman–Crippen MR) is 165 cm³/mol. The van der Waals surface area contributed by atoms with E-state index in [1.54, 1.807) is 12.0 Å². The number of rotatable bonds is 8. The summed E-state index contributed by atoms with van der Waals surface area (Å²) >= 11 is 0. The molecule has 3 aliphatic rings. The molecule has 1 aromatic heterocycles. The zero-order chi connectivity index (χ0) is 30.1. The van der Waals surface area contributed by atoms with E-state index in [0.717, 1.165) is 84.7 Å². The van der Waals surface area contributed by atoms with Crippen molar-refractivity contribution in [2.24, 2.45) is 5.92 Å². The van der Waals surface area contributed by atoms with Crippen LogP contribution in [-0.4, -0.2) is 55.3 Å². The van der Waals surface area contributed by atoms with Crippen LogP contribution in [0.3, 0.4) is 0 Å². The minimum Gasteiger partial charge on any atom is -0.496 e. The Hall–Kier alpha value is -4.07. The highest BCUT2D eigenvalue weighted by Gasteiger charge is 2.40. The monoisotopic (exact) mass is 583 g/mol. The van der Waals surface area contributed by atoms with Crippen LogP contribution in [0.2, 0.25) is 0 Å². The molecule has 226 valence electrons. The van der Waals surface area contributed by atoms with Gasteiger partial charge in [0, 0.05) is 24.2 Å². The van der Waals surface area contributed by atoms with Crippen molar-refractivity contribution < 1.29 is 23.8 Å². The Morgan fingerprint density at radius 1 is 0.977 bits per heavy atom. The number of nitrogens with zero attached hydrogens (tertiary/aromatic N) is 3. The molecule has 6 rings (SSSR count). The van der Waals surface area contributed by atoms with Crippen molar-refractivity contribution in [1.29, 1.82) is 0 Å². The largest absolute Gasteiger partial charge is 0.496 e. The molecule has 0 bridgehead atoms. The molecule has 3 aromatic rings. The number of methoxy groups -OCH3 is 2. The highest BCUT2D eigenvalue weighted by molar-refractivity contribution is 5.76. The summed E-state index contributed by atoms with van der Waals surface area (Å²) in [6, 6.07) is 18.6. The van der Waals surface area contributed by atoms with Gasteiger partial charge in [-0.3, -0.25) is 9.69 Å². The van der Waals surface area contributed by atoms with Gasteiger partial charge in [0.05, 0.1) is 38.4 Å². The minimum atomic E-state index is -0.340. The molecule has 0 N–H and O–H groups in total. The van der Waals surface area contributed by atoms with Gasteiger partial charge in [0.15, 0.2) is 0 Å². The van der Waals surface area contributed by atoms with Gasteiger partial charge in [-0.05, 0) is 87.3 Å². The highest BCUT2D eigenvalue weighted by Crippen LogP contribution is 2.42. The normalized spacial score (nSPS) is 23.5. The molecule has 2 saturated heterocycles. The number of benzene rings is 2. The van der Waals surface area contributed by atoms with Crippen LogP contribution in [0.1, 0.15) is 73.4 Å². The molecular formula is C35H41N3O5. The van der Waals surface area contributed by atoms with E-state index in [0.29, 0.717) is 12.5 Å². The maximum atomic E-state index is 13.3. The number of aryl methyl sites for hydroxylation is 1. The average Bonchev–Trinajstić information content (AvgIpc) is 3.28. The lowest BCUT2D eigenvalue weighted by molar-refractivity contribution is -0.146. The first-order valence-corrected chi connectivity index (χ1v) is 15.4. The molecular weight excluding hydrogens is 542 g/mol. The molecule has 2 aliphatic heterocycles. The van der Waals surface area contributed by atoms with Gasteiger partial charge in [-0.2, -0.15) is 0 Å². The molecule has 2 aromatic carbocycles. The summed E-state index contributed by atoms with van der Waals surface area (Å²) in [6.07, 6.45) is 4.00. The minimum absolute atomic E-state index is 0.0188. The summed E-state index contributed by atoms with van der Waals surface area (Å²) in [5.74, 6) is 1.92. The van der Waals surface area contributed by atoms with Gasteiger partial charge in [-0.25, -0.2) is 9.78 Å². The molecule has 1 aliphatic carbocycles. The Bertz CT molecular complexity index is 1490. The Morgan fingerprint density at radius 2 is 1.77 bits per heavy atom. The molecule has 8 nitrogen and oxygen atoms in total. The van der Waals surface area contributed by atoms with Crippen LogP contribution in [0.5, 0.6) is 5.75 Å². The van der Waals surface area contributed by atoms with Crippen LogP contribution in [0, 0.1) is 12.8 Å². The lowest BCUT2D eigenvalue weighted by Gasteiger charge is -2.33. The topological polar surface area (TPSA) is 81.2 Å². The number of carbonyl (C=O) groups excluding carboxylic acids is 2. The molecule has 3 fully saturated rings. The average molecular weight is 584 g/mol. The second kappa shape index (κ2) is 12.3. The van der Waals surface area contributed by atoms with Crippen LogP contribution >= 0.6 is 0 Å². The molecule has 8 heteroatoms. The Kier molecular flexibility index (Phi) is 8.28. The summed E-state index contributed by atoms with van der Waals surface area (Å²) in [4.78, 5) is 34.6. The molecule has 1 saturated carbocycles. The van der Waals surface area contributed by atoms with Crippen LogP contribution in [0.15, 0.2) is 54.6 Å². The number of hydrogen-bond acceptors (Lipinski definition) is 7. The summed E-state index contributed by atoms with van der Waals surface area (Å²) in [6.45, 7) is 6.39.